The van der Waals surface area contributed by atoms with E-state index in [2.05, 4.69) is 17.2 Å². The van der Waals surface area contributed by atoms with Crippen molar-refractivity contribution in [2.24, 2.45) is 0 Å². The van der Waals surface area contributed by atoms with Crippen molar-refractivity contribution in [2.45, 2.75) is 25.8 Å². The molecule has 3 heterocycles. The van der Waals surface area contributed by atoms with Crippen molar-refractivity contribution in [3.63, 3.8) is 0 Å². The Bertz CT molecular complexity index is 847. The zero-order valence-electron chi connectivity index (χ0n) is 14.2. The van der Waals surface area contributed by atoms with Crippen LogP contribution >= 0.6 is 11.3 Å². The fraction of sp³-hybridized carbons (Fsp3) is 0.368. The number of aromatic nitrogens is 1. The summed E-state index contributed by atoms with van der Waals surface area (Å²) in [6, 6.07) is 11.9. The van der Waals surface area contributed by atoms with Gasteiger partial charge in [-0.2, -0.15) is 0 Å². The van der Waals surface area contributed by atoms with Crippen molar-refractivity contribution in [1.82, 2.24) is 15.2 Å². The van der Waals surface area contributed by atoms with Crippen LogP contribution in [0.5, 0.6) is 0 Å². The predicted molar refractivity (Wildman–Crippen MR) is 99.9 cm³/mol. The molecule has 1 N–H and O–H groups in total. The van der Waals surface area contributed by atoms with Gasteiger partial charge in [0.15, 0.2) is 16.5 Å². The number of rotatable bonds is 5. The lowest BCUT2D eigenvalue weighted by molar-refractivity contribution is 0.0660. The first-order valence-corrected chi connectivity index (χ1v) is 9.55. The number of nitrogens with one attached hydrogen (secondary N) is 1. The average Bonchev–Trinajstić information content (AvgIpc) is 3.38. The standard InChI is InChI=1S/C19H21N3O2S/c1-2-11-22(13-9-10-20-12-13)19(23)16-8-7-15(24-16)18-21-14-5-3-4-6-17(14)25-18/h3-8,13,20H,2,9-12H2,1H3. The first-order valence-electron chi connectivity index (χ1n) is 8.73. The highest BCUT2D eigenvalue weighted by Gasteiger charge is 2.28. The number of carbonyl (C=O) groups is 1. The molecule has 25 heavy (non-hydrogen) atoms. The summed E-state index contributed by atoms with van der Waals surface area (Å²) in [6.45, 7) is 4.67. The van der Waals surface area contributed by atoms with Crippen molar-refractivity contribution in [3.8, 4) is 10.8 Å². The van der Waals surface area contributed by atoms with Gasteiger partial charge in [0, 0.05) is 19.1 Å². The number of hydrogen-bond acceptors (Lipinski definition) is 5. The molecule has 130 valence electrons. The van der Waals surface area contributed by atoms with Crippen LogP contribution in [0.15, 0.2) is 40.8 Å². The number of amides is 1. The van der Waals surface area contributed by atoms with E-state index in [0.29, 0.717) is 11.5 Å². The Balaban J connectivity index is 1.59. The van der Waals surface area contributed by atoms with E-state index < -0.39 is 0 Å². The van der Waals surface area contributed by atoms with Gasteiger partial charge in [0.2, 0.25) is 0 Å². The summed E-state index contributed by atoms with van der Waals surface area (Å²) >= 11 is 1.58. The number of benzene rings is 1. The molecule has 1 aromatic carbocycles. The monoisotopic (exact) mass is 355 g/mol. The Labute approximate surface area is 150 Å². The molecular formula is C19H21N3O2S. The van der Waals surface area contributed by atoms with Gasteiger partial charge in [-0.3, -0.25) is 4.79 Å². The van der Waals surface area contributed by atoms with Crippen LogP contribution in [0.2, 0.25) is 0 Å². The highest BCUT2D eigenvalue weighted by atomic mass is 32.1. The van der Waals surface area contributed by atoms with E-state index in [1.165, 1.54) is 0 Å². The molecule has 3 aromatic rings. The maximum absolute atomic E-state index is 12.9. The number of nitrogens with zero attached hydrogens (tertiary/aromatic N) is 2. The number of thiazole rings is 1. The van der Waals surface area contributed by atoms with Gasteiger partial charge in [-0.1, -0.05) is 19.1 Å². The van der Waals surface area contributed by atoms with E-state index >= 15 is 0 Å². The quantitative estimate of drug-likeness (QED) is 0.757. The molecule has 1 aliphatic heterocycles. The minimum atomic E-state index is -0.0251. The second kappa shape index (κ2) is 6.98. The molecule has 4 rings (SSSR count). The highest BCUT2D eigenvalue weighted by molar-refractivity contribution is 7.21. The van der Waals surface area contributed by atoms with E-state index in [-0.39, 0.29) is 11.9 Å². The summed E-state index contributed by atoms with van der Waals surface area (Å²) in [5, 5.41) is 4.14. The predicted octanol–water partition coefficient (Wildman–Crippen LogP) is 3.77. The minimum absolute atomic E-state index is 0.0251. The van der Waals surface area contributed by atoms with Crippen LogP contribution in [0.1, 0.15) is 30.3 Å². The molecule has 0 saturated carbocycles. The third-order valence-electron chi connectivity index (χ3n) is 4.52. The van der Waals surface area contributed by atoms with Crippen molar-refractivity contribution in [3.05, 3.63) is 42.2 Å². The van der Waals surface area contributed by atoms with Gasteiger partial charge in [0.1, 0.15) is 0 Å². The summed E-state index contributed by atoms with van der Waals surface area (Å²) < 4.78 is 7.00. The number of para-hydroxylation sites is 1. The van der Waals surface area contributed by atoms with Gasteiger partial charge in [-0.05, 0) is 43.7 Å². The second-order valence-corrected chi connectivity index (χ2v) is 7.33. The first kappa shape index (κ1) is 16.3. The van der Waals surface area contributed by atoms with Gasteiger partial charge in [-0.15, -0.1) is 11.3 Å². The first-order chi connectivity index (χ1) is 12.3. The molecule has 0 spiro atoms. The molecule has 1 atom stereocenters. The van der Waals surface area contributed by atoms with E-state index in [9.17, 15) is 4.79 Å². The largest absolute Gasteiger partial charge is 0.448 e. The molecule has 0 aliphatic carbocycles. The molecule has 1 unspecified atom stereocenters. The zero-order valence-corrected chi connectivity index (χ0v) is 15.0. The topological polar surface area (TPSA) is 58.4 Å². The third kappa shape index (κ3) is 3.19. The summed E-state index contributed by atoms with van der Waals surface area (Å²) in [5.41, 5.74) is 0.955. The van der Waals surface area contributed by atoms with Crippen molar-refractivity contribution >= 4 is 27.5 Å². The Kier molecular flexibility index (Phi) is 4.55. The summed E-state index contributed by atoms with van der Waals surface area (Å²) in [6.07, 6.45) is 1.94. The Morgan fingerprint density at radius 3 is 3.00 bits per heavy atom. The van der Waals surface area contributed by atoms with Crippen LogP contribution in [0.4, 0.5) is 0 Å². The smallest absolute Gasteiger partial charge is 0.289 e. The number of furan rings is 1. The van der Waals surface area contributed by atoms with Gasteiger partial charge >= 0.3 is 0 Å². The van der Waals surface area contributed by atoms with E-state index in [0.717, 1.165) is 47.7 Å². The molecule has 0 radical (unpaired) electrons. The van der Waals surface area contributed by atoms with Crippen molar-refractivity contribution < 1.29 is 9.21 Å². The van der Waals surface area contributed by atoms with Crippen molar-refractivity contribution in [1.29, 1.82) is 0 Å². The maximum Gasteiger partial charge on any atom is 0.289 e. The number of hydrogen-bond donors (Lipinski definition) is 1. The lowest BCUT2D eigenvalue weighted by Crippen LogP contribution is -2.41. The SMILES string of the molecule is CCCN(C(=O)c1ccc(-c2nc3ccccc3s2)o1)C1CCNC1. The molecule has 5 nitrogen and oxygen atoms in total. The molecule has 1 fully saturated rings. The van der Waals surface area contributed by atoms with Gasteiger partial charge in [-0.25, -0.2) is 4.98 Å². The van der Waals surface area contributed by atoms with Gasteiger partial charge < -0.3 is 14.6 Å². The number of fused-ring (bicyclic) bond motifs is 1. The molecule has 1 amide bonds. The second-order valence-electron chi connectivity index (χ2n) is 6.30. The lowest BCUT2D eigenvalue weighted by Gasteiger charge is -2.27. The summed E-state index contributed by atoms with van der Waals surface area (Å²) in [7, 11) is 0. The fourth-order valence-corrected chi connectivity index (χ4v) is 4.21. The van der Waals surface area contributed by atoms with Crippen molar-refractivity contribution in [2.75, 3.05) is 19.6 Å². The molecule has 1 saturated heterocycles. The minimum Gasteiger partial charge on any atom is -0.448 e. The van der Waals surface area contributed by atoms with Crippen LogP contribution in [0.25, 0.3) is 21.0 Å². The normalized spacial score (nSPS) is 17.2. The molecule has 1 aliphatic rings. The van der Waals surface area contributed by atoms with Gasteiger partial charge in [0.05, 0.1) is 10.2 Å². The van der Waals surface area contributed by atoms with Crippen LogP contribution < -0.4 is 5.32 Å². The van der Waals surface area contributed by atoms with Crippen LogP contribution in [-0.4, -0.2) is 41.5 Å². The molecular weight excluding hydrogens is 334 g/mol. The van der Waals surface area contributed by atoms with E-state index in [1.54, 1.807) is 17.4 Å². The Morgan fingerprint density at radius 2 is 2.24 bits per heavy atom. The molecule has 6 heteroatoms. The van der Waals surface area contributed by atoms with E-state index in [1.807, 2.05) is 35.2 Å². The lowest BCUT2D eigenvalue weighted by atomic mass is 10.2. The highest BCUT2D eigenvalue weighted by Crippen LogP contribution is 2.31. The third-order valence-corrected chi connectivity index (χ3v) is 5.57. The molecule has 2 aromatic heterocycles. The average molecular weight is 355 g/mol. The maximum atomic E-state index is 12.9. The van der Waals surface area contributed by atoms with Crippen LogP contribution in [0.3, 0.4) is 0 Å². The van der Waals surface area contributed by atoms with Crippen LogP contribution in [0, 0.1) is 0 Å². The molecule has 0 bridgehead atoms. The Morgan fingerprint density at radius 1 is 1.36 bits per heavy atom. The number of carbonyl (C=O) groups excluding carboxylic acids is 1. The van der Waals surface area contributed by atoms with Gasteiger partial charge in [0.25, 0.3) is 5.91 Å². The van der Waals surface area contributed by atoms with Crippen LogP contribution in [-0.2, 0) is 0 Å². The van der Waals surface area contributed by atoms with E-state index in [4.69, 9.17) is 4.42 Å². The fourth-order valence-electron chi connectivity index (χ4n) is 3.28. The zero-order chi connectivity index (χ0) is 17.2. The summed E-state index contributed by atoms with van der Waals surface area (Å²) in [5.74, 6) is 1.03. The Hall–Kier alpha value is -2.18. The summed E-state index contributed by atoms with van der Waals surface area (Å²) in [4.78, 5) is 19.5.